The summed E-state index contributed by atoms with van der Waals surface area (Å²) in [7, 11) is 0. The van der Waals surface area contributed by atoms with E-state index in [1.807, 2.05) is 12.1 Å². The lowest BCUT2D eigenvalue weighted by Crippen LogP contribution is -2.60. The first kappa shape index (κ1) is 20.8. The third-order valence-electron chi connectivity index (χ3n) is 4.37. The lowest BCUT2D eigenvalue weighted by Gasteiger charge is -2.39. The predicted octanol–water partition coefficient (Wildman–Crippen LogP) is 0.598. The fraction of sp³-hybridized carbons (Fsp3) is 0.632. The van der Waals surface area contributed by atoms with E-state index in [2.05, 4.69) is 19.2 Å². The third kappa shape index (κ3) is 5.49. The van der Waals surface area contributed by atoms with Crippen LogP contribution < -0.4 is 10.1 Å². The topological polar surface area (TPSA) is 108 Å². The number of carbonyl (C=O) groups is 1. The van der Waals surface area contributed by atoms with Crippen molar-refractivity contribution in [3.05, 3.63) is 29.8 Å². The van der Waals surface area contributed by atoms with Gasteiger partial charge in [-0.05, 0) is 43.5 Å². The van der Waals surface area contributed by atoms with Gasteiger partial charge in [-0.15, -0.1) is 0 Å². The molecular formula is C19H29NO6. The molecule has 1 saturated heterocycles. The number of hydrogen-bond acceptors (Lipinski definition) is 7. The summed E-state index contributed by atoms with van der Waals surface area (Å²) >= 11 is 0. The maximum absolute atomic E-state index is 11.5. The van der Waals surface area contributed by atoms with Crippen LogP contribution in [0.15, 0.2) is 24.3 Å². The van der Waals surface area contributed by atoms with Crippen molar-refractivity contribution in [2.75, 3.05) is 6.54 Å². The standard InChI is InChI=1S/C19H29NO6/c1-11(2)8-9-20-10-13-4-6-14(7-5-13)25-19-17(24)15(22)16(23)18(26-19)12(3)21/h4-7,11,15-20,22-24H,8-10H2,1-3H3. The molecule has 1 heterocycles. The zero-order valence-corrected chi connectivity index (χ0v) is 15.5. The second-order valence-electron chi connectivity index (χ2n) is 7.13. The van der Waals surface area contributed by atoms with Crippen LogP contribution in [0, 0.1) is 5.92 Å². The highest BCUT2D eigenvalue weighted by Crippen LogP contribution is 2.25. The lowest BCUT2D eigenvalue weighted by atomic mass is 9.97. The largest absolute Gasteiger partial charge is 0.462 e. The zero-order chi connectivity index (χ0) is 19.3. The van der Waals surface area contributed by atoms with Crippen LogP contribution in [-0.4, -0.2) is 58.4 Å². The van der Waals surface area contributed by atoms with Crippen LogP contribution in [0.4, 0.5) is 0 Å². The number of Topliss-reactive ketones (excluding diaryl/α,β-unsaturated/α-hetero) is 1. The van der Waals surface area contributed by atoms with Crippen LogP contribution in [0.5, 0.6) is 5.75 Å². The zero-order valence-electron chi connectivity index (χ0n) is 15.5. The number of nitrogens with one attached hydrogen (secondary N) is 1. The monoisotopic (exact) mass is 367 g/mol. The van der Waals surface area contributed by atoms with Crippen molar-refractivity contribution in [2.45, 2.75) is 64.4 Å². The smallest absolute Gasteiger partial charge is 0.229 e. The summed E-state index contributed by atoms with van der Waals surface area (Å²) < 4.78 is 10.9. The average molecular weight is 367 g/mol. The summed E-state index contributed by atoms with van der Waals surface area (Å²) in [5.74, 6) is 0.652. The van der Waals surface area contributed by atoms with E-state index in [4.69, 9.17) is 9.47 Å². The Morgan fingerprint density at radius 3 is 2.38 bits per heavy atom. The highest BCUT2D eigenvalue weighted by Gasteiger charge is 2.46. The van der Waals surface area contributed by atoms with Gasteiger partial charge in [0.05, 0.1) is 0 Å². The van der Waals surface area contributed by atoms with Gasteiger partial charge in [0.25, 0.3) is 0 Å². The summed E-state index contributed by atoms with van der Waals surface area (Å²) in [6.45, 7) is 7.30. The number of hydrogen-bond donors (Lipinski definition) is 4. The second-order valence-corrected chi connectivity index (χ2v) is 7.13. The van der Waals surface area contributed by atoms with Gasteiger partial charge >= 0.3 is 0 Å². The van der Waals surface area contributed by atoms with Crippen LogP contribution in [-0.2, 0) is 16.1 Å². The number of aliphatic hydroxyl groups excluding tert-OH is 3. The molecule has 0 aromatic heterocycles. The molecule has 1 aromatic carbocycles. The van der Waals surface area contributed by atoms with Gasteiger partial charge < -0.3 is 30.1 Å². The fourth-order valence-corrected chi connectivity index (χ4v) is 2.72. The van der Waals surface area contributed by atoms with E-state index >= 15 is 0 Å². The summed E-state index contributed by atoms with van der Waals surface area (Å²) in [6.07, 6.45) is -5.82. The van der Waals surface area contributed by atoms with Gasteiger partial charge in [0.2, 0.25) is 6.29 Å². The minimum atomic E-state index is -1.52. The van der Waals surface area contributed by atoms with Crippen LogP contribution in [0.3, 0.4) is 0 Å². The number of rotatable bonds is 8. The molecule has 0 radical (unpaired) electrons. The Morgan fingerprint density at radius 1 is 1.15 bits per heavy atom. The molecule has 7 heteroatoms. The molecule has 5 atom stereocenters. The maximum atomic E-state index is 11.5. The Hall–Kier alpha value is -1.51. The van der Waals surface area contributed by atoms with E-state index < -0.39 is 36.5 Å². The lowest BCUT2D eigenvalue weighted by molar-refractivity contribution is -0.265. The molecular weight excluding hydrogens is 338 g/mol. The molecule has 1 aliphatic heterocycles. The Labute approximate surface area is 153 Å². The Kier molecular flexibility index (Phi) is 7.55. The highest BCUT2D eigenvalue weighted by molar-refractivity contribution is 5.81. The number of ether oxygens (including phenoxy) is 2. The number of carbonyl (C=O) groups excluding carboxylic acids is 1. The minimum absolute atomic E-state index is 0.436. The number of aliphatic hydroxyl groups is 3. The third-order valence-corrected chi connectivity index (χ3v) is 4.37. The number of ketones is 1. The molecule has 0 amide bonds. The van der Waals surface area contributed by atoms with Crippen molar-refractivity contribution in [3.63, 3.8) is 0 Å². The van der Waals surface area contributed by atoms with Gasteiger partial charge in [-0.2, -0.15) is 0 Å². The summed E-state index contributed by atoms with van der Waals surface area (Å²) in [5.41, 5.74) is 1.09. The van der Waals surface area contributed by atoms with Crippen LogP contribution in [0.25, 0.3) is 0 Å². The normalized spacial score (nSPS) is 29.0. The van der Waals surface area contributed by atoms with Crippen LogP contribution >= 0.6 is 0 Å². The Morgan fingerprint density at radius 2 is 1.81 bits per heavy atom. The fourth-order valence-electron chi connectivity index (χ4n) is 2.72. The summed E-state index contributed by atoms with van der Waals surface area (Å²) in [4.78, 5) is 11.5. The van der Waals surface area contributed by atoms with E-state index in [0.29, 0.717) is 11.7 Å². The molecule has 4 N–H and O–H groups in total. The Balaban J connectivity index is 1.92. The van der Waals surface area contributed by atoms with Crippen molar-refractivity contribution < 1.29 is 29.6 Å². The average Bonchev–Trinajstić information content (AvgIpc) is 2.60. The first-order valence-corrected chi connectivity index (χ1v) is 8.96. The van der Waals surface area contributed by atoms with E-state index in [1.165, 1.54) is 6.92 Å². The quantitative estimate of drug-likeness (QED) is 0.498. The van der Waals surface area contributed by atoms with Crippen molar-refractivity contribution in [1.82, 2.24) is 5.32 Å². The van der Waals surface area contributed by atoms with E-state index in [-0.39, 0.29) is 0 Å². The predicted molar refractivity (Wildman–Crippen MR) is 95.6 cm³/mol. The first-order chi connectivity index (χ1) is 12.3. The van der Waals surface area contributed by atoms with Gasteiger partial charge in [0.15, 0.2) is 5.78 Å². The minimum Gasteiger partial charge on any atom is -0.462 e. The van der Waals surface area contributed by atoms with Gasteiger partial charge in [-0.1, -0.05) is 26.0 Å². The summed E-state index contributed by atoms with van der Waals surface area (Å²) in [6, 6.07) is 7.24. The molecule has 26 heavy (non-hydrogen) atoms. The molecule has 1 aliphatic rings. The molecule has 5 unspecified atom stereocenters. The van der Waals surface area contributed by atoms with E-state index in [0.717, 1.165) is 25.1 Å². The highest BCUT2D eigenvalue weighted by atomic mass is 16.7. The molecule has 0 spiro atoms. The molecule has 2 rings (SSSR count). The molecule has 0 bridgehead atoms. The molecule has 0 saturated carbocycles. The molecule has 146 valence electrons. The van der Waals surface area contributed by atoms with E-state index in [9.17, 15) is 20.1 Å². The van der Waals surface area contributed by atoms with Crippen LogP contribution in [0.2, 0.25) is 0 Å². The SMILES string of the molecule is CC(=O)C1OC(Oc2ccc(CNCCC(C)C)cc2)C(O)C(O)C1O. The molecule has 1 aromatic rings. The van der Waals surface area contributed by atoms with Crippen LogP contribution in [0.1, 0.15) is 32.8 Å². The first-order valence-electron chi connectivity index (χ1n) is 8.96. The van der Waals surface area contributed by atoms with Gasteiger partial charge in [0, 0.05) is 6.54 Å². The van der Waals surface area contributed by atoms with Crippen molar-refractivity contribution in [3.8, 4) is 5.75 Å². The molecule has 0 aliphatic carbocycles. The molecule has 7 nitrogen and oxygen atoms in total. The van der Waals surface area contributed by atoms with Gasteiger partial charge in [-0.3, -0.25) is 4.79 Å². The maximum Gasteiger partial charge on any atom is 0.229 e. The molecule has 1 fully saturated rings. The Bertz CT molecular complexity index is 576. The van der Waals surface area contributed by atoms with Crippen molar-refractivity contribution in [1.29, 1.82) is 0 Å². The van der Waals surface area contributed by atoms with Gasteiger partial charge in [-0.25, -0.2) is 0 Å². The number of benzene rings is 1. The van der Waals surface area contributed by atoms with Crippen molar-refractivity contribution >= 4 is 5.78 Å². The van der Waals surface area contributed by atoms with E-state index in [1.54, 1.807) is 12.1 Å². The summed E-state index contributed by atoms with van der Waals surface area (Å²) in [5, 5.41) is 33.1. The van der Waals surface area contributed by atoms with Crippen molar-refractivity contribution in [2.24, 2.45) is 5.92 Å². The second kappa shape index (κ2) is 9.43. The van der Waals surface area contributed by atoms with Gasteiger partial charge in [0.1, 0.15) is 30.2 Å².